The fraction of sp³-hybridized carbons (Fsp3) is 0.333. The maximum Gasteiger partial charge on any atom is 0.322 e. The number of nitrogens with one attached hydrogen (secondary N) is 1. The molecule has 1 aromatic carbocycles. The van der Waals surface area contributed by atoms with Crippen LogP contribution in [0.1, 0.15) is 6.92 Å². The van der Waals surface area contributed by atoms with Gasteiger partial charge in [-0.25, -0.2) is 0 Å². The van der Waals surface area contributed by atoms with Crippen molar-refractivity contribution in [2.24, 2.45) is 5.92 Å². The van der Waals surface area contributed by atoms with Crippen molar-refractivity contribution in [3.63, 3.8) is 0 Å². The number of Topliss-reactive ketones (excluding diaryl/α,β-unsaturated/α-hetero) is 1. The van der Waals surface area contributed by atoms with Gasteiger partial charge in [-0.3, -0.25) is 9.59 Å². The van der Waals surface area contributed by atoms with E-state index < -0.39 is 17.7 Å². The summed E-state index contributed by atoms with van der Waals surface area (Å²) in [7, 11) is 1.57. The lowest BCUT2D eigenvalue weighted by Gasteiger charge is -2.18. The van der Waals surface area contributed by atoms with Gasteiger partial charge in [-0.2, -0.15) is 0 Å². The predicted octanol–water partition coefficient (Wildman–Crippen LogP) is 2.61. The van der Waals surface area contributed by atoms with Crippen molar-refractivity contribution in [1.29, 1.82) is 0 Å². The second kappa shape index (κ2) is 8.32. The summed E-state index contributed by atoms with van der Waals surface area (Å²) < 4.78 is 9.93. The molecule has 0 radical (unpaired) electrons. The highest BCUT2D eigenvalue weighted by molar-refractivity contribution is 6.30. The minimum absolute atomic E-state index is 0.181. The van der Waals surface area contributed by atoms with E-state index in [4.69, 9.17) is 21.1 Å². The Bertz CT molecular complexity index is 513. The highest BCUT2D eigenvalue weighted by Crippen LogP contribution is 2.20. The molecule has 1 atom stereocenters. The van der Waals surface area contributed by atoms with Crippen LogP contribution in [0.3, 0.4) is 0 Å². The summed E-state index contributed by atoms with van der Waals surface area (Å²) in [6.07, 6.45) is 0. The summed E-state index contributed by atoms with van der Waals surface area (Å²) in [5, 5.41) is 2.92. The quantitative estimate of drug-likeness (QED) is 0.454. The number of hydrogen-bond acceptors (Lipinski definition) is 5. The van der Waals surface area contributed by atoms with Crippen LogP contribution in [0.15, 0.2) is 36.5 Å². The molecule has 0 unspecified atom stereocenters. The lowest BCUT2D eigenvalue weighted by Crippen LogP contribution is -2.31. The van der Waals surface area contributed by atoms with Gasteiger partial charge in [-0.05, 0) is 31.2 Å². The van der Waals surface area contributed by atoms with Crippen molar-refractivity contribution < 1.29 is 19.1 Å². The molecule has 1 N–H and O–H groups in total. The molecule has 0 fully saturated rings. The molecule has 0 aromatic heterocycles. The highest BCUT2D eigenvalue weighted by atomic mass is 35.5. The van der Waals surface area contributed by atoms with Crippen LogP contribution in [-0.4, -0.2) is 31.3 Å². The van der Waals surface area contributed by atoms with E-state index in [9.17, 15) is 9.59 Å². The first-order chi connectivity index (χ1) is 10.0. The molecule has 0 aliphatic carbocycles. The van der Waals surface area contributed by atoms with Gasteiger partial charge in [0.15, 0.2) is 11.7 Å². The molecule has 6 heteroatoms. The second-order valence-corrected chi connectivity index (χ2v) is 4.43. The first kappa shape index (κ1) is 17.0. The molecule has 0 bridgehead atoms. The average molecular weight is 312 g/mol. The standard InChI is InChI=1S/C15H18ClNO4/c1-4-21-15(19)14(13(18)9-16)10(2)17-11-5-7-12(20-3)8-6-11/h5-8,14,17H,2,4,9H2,1,3H3/t14-/m0/s1. The third-order valence-corrected chi connectivity index (χ3v) is 2.98. The van der Waals surface area contributed by atoms with Crippen molar-refractivity contribution in [2.45, 2.75) is 6.92 Å². The average Bonchev–Trinajstić information content (AvgIpc) is 2.48. The summed E-state index contributed by atoms with van der Waals surface area (Å²) >= 11 is 5.53. The number of carbonyl (C=O) groups is 2. The van der Waals surface area contributed by atoms with Gasteiger partial charge in [0, 0.05) is 11.4 Å². The van der Waals surface area contributed by atoms with E-state index in [0.29, 0.717) is 11.4 Å². The van der Waals surface area contributed by atoms with Crippen LogP contribution in [0.25, 0.3) is 0 Å². The number of ether oxygens (including phenoxy) is 2. The van der Waals surface area contributed by atoms with Crippen LogP contribution in [0.4, 0.5) is 5.69 Å². The fourth-order valence-corrected chi connectivity index (χ4v) is 1.86. The Kier molecular flexibility index (Phi) is 6.75. The zero-order chi connectivity index (χ0) is 15.8. The molecule has 1 aromatic rings. The van der Waals surface area contributed by atoms with Crippen molar-refractivity contribution >= 4 is 29.0 Å². The zero-order valence-corrected chi connectivity index (χ0v) is 12.8. The minimum Gasteiger partial charge on any atom is -0.497 e. The molecule has 1 rings (SSSR count). The Balaban J connectivity index is 2.84. The number of ketones is 1. The number of esters is 1. The number of hydrogen-bond donors (Lipinski definition) is 1. The minimum atomic E-state index is -1.12. The maximum atomic E-state index is 11.9. The van der Waals surface area contributed by atoms with Crippen molar-refractivity contribution in [1.82, 2.24) is 0 Å². The van der Waals surface area contributed by atoms with Gasteiger partial charge in [0.25, 0.3) is 0 Å². The van der Waals surface area contributed by atoms with Gasteiger partial charge in [-0.15, -0.1) is 11.6 Å². The van der Waals surface area contributed by atoms with E-state index in [1.165, 1.54) is 0 Å². The number of rotatable bonds is 8. The first-order valence-corrected chi connectivity index (χ1v) is 6.92. The predicted molar refractivity (Wildman–Crippen MR) is 81.6 cm³/mol. The summed E-state index contributed by atoms with van der Waals surface area (Å²) in [6.45, 7) is 5.59. The fourth-order valence-electron chi connectivity index (χ4n) is 1.70. The number of benzene rings is 1. The number of alkyl halides is 1. The Morgan fingerprint density at radius 3 is 2.43 bits per heavy atom. The third-order valence-electron chi connectivity index (χ3n) is 2.72. The maximum absolute atomic E-state index is 11.9. The number of halogens is 1. The van der Waals surface area contributed by atoms with Crippen molar-refractivity contribution in [3.05, 3.63) is 36.5 Å². The molecule has 0 spiro atoms. The Labute approximate surface area is 128 Å². The molecule has 21 heavy (non-hydrogen) atoms. The van der Waals surface area contributed by atoms with E-state index in [1.54, 1.807) is 38.3 Å². The molecular formula is C15H18ClNO4. The van der Waals surface area contributed by atoms with Gasteiger partial charge in [0.05, 0.1) is 19.6 Å². The zero-order valence-electron chi connectivity index (χ0n) is 12.0. The second-order valence-electron chi connectivity index (χ2n) is 4.16. The van der Waals surface area contributed by atoms with E-state index in [1.807, 2.05) is 0 Å². The number of anilines is 1. The van der Waals surface area contributed by atoms with E-state index in [0.717, 1.165) is 0 Å². The molecule has 0 saturated heterocycles. The largest absolute Gasteiger partial charge is 0.497 e. The topological polar surface area (TPSA) is 64.6 Å². The van der Waals surface area contributed by atoms with Crippen LogP contribution < -0.4 is 10.1 Å². The molecule has 0 aliphatic rings. The van der Waals surface area contributed by atoms with Crippen LogP contribution in [0.2, 0.25) is 0 Å². The molecule has 5 nitrogen and oxygen atoms in total. The Morgan fingerprint density at radius 2 is 1.95 bits per heavy atom. The molecule has 0 aliphatic heterocycles. The Hall–Kier alpha value is -2.01. The van der Waals surface area contributed by atoms with Crippen LogP contribution in [0.5, 0.6) is 5.75 Å². The van der Waals surface area contributed by atoms with Crippen molar-refractivity contribution in [2.75, 3.05) is 24.9 Å². The summed E-state index contributed by atoms with van der Waals surface area (Å²) in [5.74, 6) is -1.82. The molecule has 0 saturated carbocycles. The first-order valence-electron chi connectivity index (χ1n) is 6.38. The Morgan fingerprint density at radius 1 is 1.33 bits per heavy atom. The van der Waals surface area contributed by atoms with Crippen LogP contribution in [-0.2, 0) is 14.3 Å². The van der Waals surface area contributed by atoms with Gasteiger partial charge >= 0.3 is 5.97 Å². The lowest BCUT2D eigenvalue weighted by molar-refractivity contribution is -0.149. The van der Waals surface area contributed by atoms with Crippen LogP contribution >= 0.6 is 11.6 Å². The van der Waals surface area contributed by atoms with Crippen LogP contribution in [0, 0.1) is 5.92 Å². The molecule has 0 heterocycles. The SMILES string of the molecule is C=C(Nc1ccc(OC)cc1)[C@@H](C(=O)CCl)C(=O)OCC. The van der Waals surface area contributed by atoms with Crippen molar-refractivity contribution in [3.8, 4) is 5.75 Å². The summed E-state index contributed by atoms with van der Waals surface area (Å²) in [4.78, 5) is 23.7. The smallest absolute Gasteiger partial charge is 0.322 e. The highest BCUT2D eigenvalue weighted by Gasteiger charge is 2.30. The molecular weight excluding hydrogens is 294 g/mol. The molecule has 114 valence electrons. The summed E-state index contributed by atoms with van der Waals surface area (Å²) in [6, 6.07) is 6.99. The third kappa shape index (κ3) is 4.79. The van der Waals surface area contributed by atoms with E-state index >= 15 is 0 Å². The van der Waals surface area contributed by atoms with Gasteiger partial charge in [0.1, 0.15) is 5.75 Å². The van der Waals surface area contributed by atoms with E-state index in [2.05, 4.69) is 11.9 Å². The number of methoxy groups -OCH3 is 1. The van der Waals surface area contributed by atoms with E-state index in [-0.39, 0.29) is 18.2 Å². The normalized spacial score (nSPS) is 11.4. The van der Waals surface area contributed by atoms with Gasteiger partial charge < -0.3 is 14.8 Å². The molecule has 0 amide bonds. The number of carbonyl (C=O) groups excluding carboxylic acids is 2. The monoisotopic (exact) mass is 311 g/mol. The summed E-state index contributed by atoms with van der Waals surface area (Å²) in [5.41, 5.74) is 0.904. The lowest BCUT2D eigenvalue weighted by atomic mass is 10.0. The van der Waals surface area contributed by atoms with Gasteiger partial charge in [0.2, 0.25) is 0 Å². The van der Waals surface area contributed by atoms with Gasteiger partial charge in [-0.1, -0.05) is 6.58 Å².